The zero-order chi connectivity index (χ0) is 14.8. The van der Waals surface area contributed by atoms with Crippen molar-refractivity contribution in [2.75, 3.05) is 0 Å². The van der Waals surface area contributed by atoms with E-state index in [1.54, 1.807) is 6.07 Å². The third-order valence-corrected chi connectivity index (χ3v) is 3.33. The van der Waals surface area contributed by atoms with Crippen LogP contribution >= 0.6 is 0 Å². The third kappa shape index (κ3) is 2.55. The Balaban J connectivity index is 1.93. The molecule has 1 aromatic heterocycles. The fourth-order valence-electron chi connectivity index (χ4n) is 2.27. The van der Waals surface area contributed by atoms with E-state index in [9.17, 15) is 14.9 Å². The summed E-state index contributed by atoms with van der Waals surface area (Å²) < 4.78 is 6.57. The summed E-state index contributed by atoms with van der Waals surface area (Å²) in [5, 5.41) is 10.7. The molecule has 6 heteroatoms. The lowest BCUT2D eigenvalue weighted by Crippen LogP contribution is -2.15. The summed E-state index contributed by atoms with van der Waals surface area (Å²) in [7, 11) is 0. The van der Waals surface area contributed by atoms with Crippen molar-refractivity contribution in [3.8, 4) is 0 Å². The van der Waals surface area contributed by atoms with Crippen molar-refractivity contribution < 1.29 is 9.34 Å². The van der Waals surface area contributed by atoms with Crippen molar-refractivity contribution in [1.29, 1.82) is 0 Å². The molecule has 1 heterocycles. The molecule has 0 spiro atoms. The topological polar surface area (TPSA) is 78.3 Å². The zero-order valence-corrected chi connectivity index (χ0v) is 11.1. The van der Waals surface area contributed by atoms with E-state index in [4.69, 9.17) is 4.42 Å². The van der Waals surface area contributed by atoms with Crippen molar-refractivity contribution >= 4 is 16.8 Å². The maximum Gasteiger partial charge on any atom is 0.419 e. The average molecular weight is 284 g/mol. The molecule has 0 saturated carbocycles. The smallest absolute Gasteiger partial charge is 0.407 e. The predicted octanol–water partition coefficient (Wildman–Crippen LogP) is 2.75. The van der Waals surface area contributed by atoms with Crippen molar-refractivity contribution in [3.63, 3.8) is 0 Å². The number of aromatic nitrogens is 1. The first-order valence-electron chi connectivity index (χ1n) is 6.47. The van der Waals surface area contributed by atoms with Crippen LogP contribution in [0, 0.1) is 10.1 Å². The van der Waals surface area contributed by atoms with E-state index in [0.717, 1.165) is 5.56 Å². The van der Waals surface area contributed by atoms with Gasteiger partial charge in [-0.1, -0.05) is 30.3 Å². The van der Waals surface area contributed by atoms with Crippen LogP contribution in [-0.4, -0.2) is 9.49 Å². The van der Waals surface area contributed by atoms with Crippen LogP contribution in [0.4, 0.5) is 5.69 Å². The molecule has 0 unspecified atom stereocenters. The van der Waals surface area contributed by atoms with Crippen LogP contribution in [0.1, 0.15) is 5.56 Å². The number of hydrogen-bond donors (Lipinski definition) is 0. The summed E-state index contributed by atoms with van der Waals surface area (Å²) in [5.74, 6) is -0.499. The Hall–Kier alpha value is -2.89. The van der Waals surface area contributed by atoms with E-state index in [-0.39, 0.29) is 11.3 Å². The molecule has 0 amide bonds. The molecule has 106 valence electrons. The number of hydrogen-bond acceptors (Lipinski definition) is 4. The monoisotopic (exact) mass is 284 g/mol. The Morgan fingerprint density at radius 2 is 1.90 bits per heavy atom. The highest BCUT2D eigenvalue weighted by atomic mass is 16.6. The van der Waals surface area contributed by atoms with Gasteiger partial charge in [0.1, 0.15) is 0 Å². The van der Waals surface area contributed by atoms with Crippen molar-refractivity contribution in [3.05, 3.63) is 74.8 Å². The van der Waals surface area contributed by atoms with Crippen molar-refractivity contribution in [2.24, 2.45) is 0 Å². The first-order valence-corrected chi connectivity index (χ1v) is 6.47. The Labute approximate surface area is 119 Å². The molecule has 0 saturated heterocycles. The molecule has 3 aromatic rings. The lowest BCUT2D eigenvalue weighted by atomic mass is 10.1. The van der Waals surface area contributed by atoms with E-state index in [2.05, 4.69) is 0 Å². The minimum atomic E-state index is -0.513. The molecular formula is C15H12N2O4. The van der Waals surface area contributed by atoms with Gasteiger partial charge in [-0.05, 0) is 18.1 Å². The summed E-state index contributed by atoms with van der Waals surface area (Å²) in [6, 6.07) is 14.0. The number of nitro benzene ring substituents is 1. The number of rotatable bonds is 4. The third-order valence-electron chi connectivity index (χ3n) is 3.33. The van der Waals surface area contributed by atoms with E-state index in [0.29, 0.717) is 18.5 Å². The van der Waals surface area contributed by atoms with Gasteiger partial charge in [0.2, 0.25) is 0 Å². The molecular weight excluding hydrogens is 272 g/mol. The molecule has 0 aliphatic rings. The van der Waals surface area contributed by atoms with E-state index in [1.165, 1.54) is 16.7 Å². The summed E-state index contributed by atoms with van der Waals surface area (Å²) >= 11 is 0. The van der Waals surface area contributed by atoms with Gasteiger partial charge >= 0.3 is 5.76 Å². The van der Waals surface area contributed by atoms with Gasteiger partial charge < -0.3 is 4.42 Å². The van der Waals surface area contributed by atoms with Gasteiger partial charge in [-0.3, -0.25) is 14.7 Å². The zero-order valence-electron chi connectivity index (χ0n) is 11.1. The summed E-state index contributed by atoms with van der Waals surface area (Å²) in [6.45, 7) is 0.466. The number of benzene rings is 2. The second kappa shape index (κ2) is 5.24. The first kappa shape index (κ1) is 13.1. The Morgan fingerprint density at radius 3 is 2.62 bits per heavy atom. The highest BCUT2D eigenvalue weighted by Crippen LogP contribution is 2.20. The highest BCUT2D eigenvalue weighted by molar-refractivity contribution is 5.75. The van der Waals surface area contributed by atoms with Crippen LogP contribution in [0.25, 0.3) is 11.1 Å². The number of nitro groups is 1. The largest absolute Gasteiger partial charge is 0.419 e. The van der Waals surface area contributed by atoms with Gasteiger partial charge in [0.25, 0.3) is 5.69 Å². The molecule has 21 heavy (non-hydrogen) atoms. The Kier molecular flexibility index (Phi) is 3.27. The molecule has 0 aliphatic heterocycles. The molecule has 0 radical (unpaired) electrons. The van der Waals surface area contributed by atoms with Crippen LogP contribution in [0.3, 0.4) is 0 Å². The number of nitrogens with zero attached hydrogens (tertiary/aromatic N) is 2. The number of aryl methyl sites for hydroxylation is 2. The molecule has 0 atom stereocenters. The first-order chi connectivity index (χ1) is 10.1. The van der Waals surface area contributed by atoms with Gasteiger partial charge in [0, 0.05) is 12.6 Å². The van der Waals surface area contributed by atoms with Crippen molar-refractivity contribution in [1.82, 2.24) is 4.57 Å². The second-order valence-corrected chi connectivity index (χ2v) is 4.66. The maximum absolute atomic E-state index is 11.9. The molecule has 0 bridgehead atoms. The summed E-state index contributed by atoms with van der Waals surface area (Å²) in [6.07, 6.45) is 0.687. The van der Waals surface area contributed by atoms with Gasteiger partial charge in [-0.15, -0.1) is 0 Å². The lowest BCUT2D eigenvalue weighted by Gasteiger charge is -2.02. The molecule has 0 aliphatic carbocycles. The number of fused-ring (bicyclic) bond motifs is 1. The van der Waals surface area contributed by atoms with Gasteiger partial charge in [0.05, 0.1) is 16.5 Å². The van der Waals surface area contributed by atoms with Gasteiger partial charge in [0.15, 0.2) is 5.58 Å². The molecule has 2 aromatic carbocycles. The maximum atomic E-state index is 11.9. The normalized spacial score (nSPS) is 10.9. The Morgan fingerprint density at radius 1 is 1.14 bits per heavy atom. The fraction of sp³-hybridized carbons (Fsp3) is 0.133. The SMILES string of the molecule is O=c1oc2cc([N+](=O)[O-])ccc2n1CCc1ccccc1. The molecule has 0 N–H and O–H groups in total. The van der Waals surface area contributed by atoms with Crippen LogP contribution in [0.2, 0.25) is 0 Å². The summed E-state index contributed by atoms with van der Waals surface area (Å²) in [5.41, 5.74) is 1.83. The van der Waals surface area contributed by atoms with Crippen LogP contribution in [0.5, 0.6) is 0 Å². The fourth-order valence-corrected chi connectivity index (χ4v) is 2.27. The Bertz CT molecular complexity index is 849. The van der Waals surface area contributed by atoms with Crippen LogP contribution in [0.15, 0.2) is 57.7 Å². The molecule has 3 rings (SSSR count). The van der Waals surface area contributed by atoms with Gasteiger partial charge in [-0.25, -0.2) is 4.79 Å². The summed E-state index contributed by atoms with van der Waals surface area (Å²) in [4.78, 5) is 22.1. The lowest BCUT2D eigenvalue weighted by molar-refractivity contribution is -0.384. The molecule has 6 nitrogen and oxygen atoms in total. The highest BCUT2D eigenvalue weighted by Gasteiger charge is 2.13. The van der Waals surface area contributed by atoms with Crippen LogP contribution in [-0.2, 0) is 13.0 Å². The quantitative estimate of drug-likeness (QED) is 0.545. The minimum Gasteiger partial charge on any atom is -0.407 e. The van der Waals surface area contributed by atoms with E-state index in [1.807, 2.05) is 30.3 Å². The van der Waals surface area contributed by atoms with E-state index < -0.39 is 10.7 Å². The number of oxazole rings is 1. The predicted molar refractivity (Wildman–Crippen MR) is 77.3 cm³/mol. The van der Waals surface area contributed by atoms with Gasteiger partial charge in [-0.2, -0.15) is 0 Å². The van der Waals surface area contributed by atoms with E-state index >= 15 is 0 Å². The standard InChI is InChI=1S/C15H12N2O4/c18-15-16(9-8-11-4-2-1-3-5-11)13-7-6-12(17(19)20)10-14(13)21-15/h1-7,10H,8-9H2. The van der Waals surface area contributed by atoms with Crippen LogP contribution < -0.4 is 5.76 Å². The number of non-ortho nitro benzene ring substituents is 1. The molecule has 0 fully saturated rings. The average Bonchev–Trinajstić information content (AvgIpc) is 2.80. The minimum absolute atomic E-state index is 0.0912. The van der Waals surface area contributed by atoms with Crippen molar-refractivity contribution in [2.45, 2.75) is 13.0 Å². The second-order valence-electron chi connectivity index (χ2n) is 4.66.